The molecule has 0 bridgehead atoms. The topological polar surface area (TPSA) is 65.7 Å². The number of hydrogen-bond acceptors (Lipinski definition) is 3. The zero-order valence-electron chi connectivity index (χ0n) is 25.0. The fraction of sp³-hybridized carbons (Fsp3) is 0.122. The third kappa shape index (κ3) is 3.46. The van der Waals surface area contributed by atoms with Crippen LogP contribution in [-0.4, -0.2) is 4.57 Å². The van der Waals surface area contributed by atoms with Crippen molar-refractivity contribution in [3.8, 4) is 40.1 Å². The van der Waals surface area contributed by atoms with Gasteiger partial charge in [0.25, 0.3) is 0 Å². The number of para-hydroxylation sites is 1. The van der Waals surface area contributed by atoms with Gasteiger partial charge in [-0.2, -0.15) is 10.5 Å². The first-order valence-electron chi connectivity index (χ1n) is 15.4. The predicted octanol–water partition coefficient (Wildman–Crippen LogP) is 10.2. The summed E-state index contributed by atoms with van der Waals surface area (Å²) in [6, 6.07) is 36.2. The van der Waals surface area contributed by atoms with E-state index in [9.17, 15) is 10.5 Å². The summed E-state index contributed by atoms with van der Waals surface area (Å²) in [7, 11) is 0. The third-order valence-electron chi connectivity index (χ3n) is 9.94. The zero-order chi connectivity index (χ0) is 30.4. The van der Waals surface area contributed by atoms with Gasteiger partial charge in [0.2, 0.25) is 0 Å². The lowest BCUT2D eigenvalue weighted by atomic mass is 9.82. The number of nitrogens with zero attached hydrogens (tertiary/aromatic N) is 3. The Morgan fingerprint density at radius 2 is 1.58 bits per heavy atom. The maximum atomic E-state index is 10.4. The molecule has 0 N–H and O–H groups in total. The van der Waals surface area contributed by atoms with Crippen LogP contribution in [0.2, 0.25) is 0 Å². The van der Waals surface area contributed by atoms with Crippen LogP contribution in [0, 0.1) is 22.7 Å². The molecule has 0 fully saturated rings. The molecule has 2 aromatic heterocycles. The van der Waals surface area contributed by atoms with Crippen LogP contribution in [0.1, 0.15) is 53.8 Å². The van der Waals surface area contributed by atoms with E-state index in [0.29, 0.717) is 11.1 Å². The number of fused-ring (bicyclic) bond motifs is 9. The van der Waals surface area contributed by atoms with E-state index in [1.54, 1.807) is 0 Å². The van der Waals surface area contributed by atoms with E-state index in [2.05, 4.69) is 103 Å². The van der Waals surface area contributed by atoms with Crippen molar-refractivity contribution in [2.45, 2.75) is 32.1 Å². The van der Waals surface area contributed by atoms with Crippen molar-refractivity contribution in [1.82, 2.24) is 4.57 Å². The molecular formula is C41H27N3O. The summed E-state index contributed by atoms with van der Waals surface area (Å²) < 4.78 is 8.84. The maximum absolute atomic E-state index is 10.4. The van der Waals surface area contributed by atoms with Gasteiger partial charge >= 0.3 is 0 Å². The average Bonchev–Trinajstić information content (AvgIpc) is 3.68. The van der Waals surface area contributed by atoms with Crippen LogP contribution in [0.25, 0.3) is 66.9 Å². The molecule has 4 heteroatoms. The second kappa shape index (κ2) is 9.08. The first kappa shape index (κ1) is 25.6. The lowest BCUT2D eigenvalue weighted by Crippen LogP contribution is -2.14. The molecule has 0 unspecified atom stereocenters. The van der Waals surface area contributed by atoms with E-state index in [1.165, 1.54) is 22.3 Å². The van der Waals surface area contributed by atoms with Crippen LogP contribution in [0.3, 0.4) is 0 Å². The van der Waals surface area contributed by atoms with Gasteiger partial charge in [-0.15, -0.1) is 0 Å². The van der Waals surface area contributed by atoms with Gasteiger partial charge in [0.05, 0.1) is 28.4 Å². The first-order valence-corrected chi connectivity index (χ1v) is 15.4. The van der Waals surface area contributed by atoms with Gasteiger partial charge in [-0.05, 0) is 89.2 Å². The Bertz CT molecular complexity index is 2540. The summed E-state index contributed by atoms with van der Waals surface area (Å²) in [5, 5.41) is 23.2. The monoisotopic (exact) mass is 577 g/mol. The Kier molecular flexibility index (Phi) is 5.18. The molecule has 0 atom stereocenters. The predicted molar refractivity (Wildman–Crippen MR) is 180 cm³/mol. The number of aromatic nitrogens is 1. The summed E-state index contributed by atoms with van der Waals surface area (Å²) in [4.78, 5) is 0. The Morgan fingerprint density at radius 3 is 2.44 bits per heavy atom. The summed E-state index contributed by atoms with van der Waals surface area (Å²) in [6.07, 6.45) is 6.13. The number of furan rings is 1. The van der Waals surface area contributed by atoms with Crippen molar-refractivity contribution in [3.63, 3.8) is 0 Å². The second-order valence-corrected chi connectivity index (χ2v) is 12.7. The van der Waals surface area contributed by atoms with Gasteiger partial charge in [0.15, 0.2) is 0 Å². The number of nitriles is 2. The van der Waals surface area contributed by atoms with E-state index in [0.717, 1.165) is 73.8 Å². The smallest absolute Gasteiger partial charge is 0.136 e. The van der Waals surface area contributed by atoms with Crippen molar-refractivity contribution in [2.75, 3.05) is 0 Å². The van der Waals surface area contributed by atoms with Crippen molar-refractivity contribution >= 4 is 38.9 Å². The fourth-order valence-electron chi connectivity index (χ4n) is 7.79. The van der Waals surface area contributed by atoms with Crippen molar-refractivity contribution in [2.24, 2.45) is 0 Å². The first-order chi connectivity index (χ1) is 22.0. The minimum atomic E-state index is -0.0985. The minimum absolute atomic E-state index is 0.0985. The molecule has 0 radical (unpaired) electrons. The Labute approximate surface area is 260 Å². The summed E-state index contributed by atoms with van der Waals surface area (Å²) in [5.41, 5.74) is 14.1. The summed E-state index contributed by atoms with van der Waals surface area (Å²) >= 11 is 0. The molecule has 2 heterocycles. The molecular weight excluding hydrogens is 550 g/mol. The molecule has 2 aliphatic carbocycles. The molecule has 4 nitrogen and oxygen atoms in total. The van der Waals surface area contributed by atoms with Gasteiger partial charge in [-0.1, -0.05) is 68.5 Å². The minimum Gasteiger partial charge on any atom is -0.456 e. The number of rotatable bonds is 2. The van der Waals surface area contributed by atoms with E-state index < -0.39 is 0 Å². The number of benzene rings is 5. The van der Waals surface area contributed by atoms with E-state index in [-0.39, 0.29) is 5.41 Å². The average molecular weight is 578 g/mol. The fourth-order valence-corrected chi connectivity index (χ4v) is 7.79. The highest BCUT2D eigenvalue weighted by Crippen LogP contribution is 2.51. The highest BCUT2D eigenvalue weighted by molar-refractivity contribution is 6.09. The van der Waals surface area contributed by atoms with Crippen molar-refractivity contribution in [1.29, 1.82) is 10.5 Å². The highest BCUT2D eigenvalue weighted by atomic mass is 16.3. The Morgan fingerprint density at radius 1 is 0.733 bits per heavy atom. The molecule has 2 aliphatic rings. The van der Waals surface area contributed by atoms with Crippen LogP contribution >= 0.6 is 0 Å². The SMILES string of the molecule is CC1(C)c2ccccc2-c2cc3c(cc21)oc1cc(-c2cccc(C#N)c2-n2c4c(c5cc(C#N)ccc52)C=CCC4)ccc13. The van der Waals surface area contributed by atoms with Gasteiger partial charge < -0.3 is 8.98 Å². The normalized spacial score (nSPS) is 14.3. The summed E-state index contributed by atoms with van der Waals surface area (Å²) in [6.45, 7) is 4.57. The summed E-state index contributed by atoms with van der Waals surface area (Å²) in [5.74, 6) is 0. The van der Waals surface area contributed by atoms with Crippen molar-refractivity contribution in [3.05, 3.63) is 131 Å². The lowest BCUT2D eigenvalue weighted by Gasteiger charge is -2.21. The molecule has 0 saturated heterocycles. The molecule has 0 spiro atoms. The molecule has 45 heavy (non-hydrogen) atoms. The van der Waals surface area contributed by atoms with Crippen LogP contribution in [-0.2, 0) is 11.8 Å². The molecule has 0 amide bonds. The molecule has 9 rings (SSSR count). The molecule has 5 aromatic carbocycles. The lowest BCUT2D eigenvalue weighted by molar-refractivity contribution is 0.647. The van der Waals surface area contributed by atoms with E-state index in [1.807, 2.05) is 30.3 Å². The van der Waals surface area contributed by atoms with Crippen LogP contribution in [0.4, 0.5) is 0 Å². The molecule has 0 aliphatic heterocycles. The molecule has 7 aromatic rings. The third-order valence-corrected chi connectivity index (χ3v) is 9.94. The quantitative estimate of drug-likeness (QED) is 0.205. The van der Waals surface area contributed by atoms with Crippen LogP contribution in [0.15, 0.2) is 101 Å². The molecule has 0 saturated carbocycles. The molecule has 212 valence electrons. The maximum Gasteiger partial charge on any atom is 0.136 e. The standard InChI is InChI=1S/C41H27N3O/c1-41(2)34-12-5-3-9-28(34)31-20-33-30-16-15-25(19-38(30)45-39(33)21-35(31)41)27-11-7-8-26(23-43)40(27)44-36-13-6-4-10-29(36)32-18-24(22-42)14-17-37(32)44/h3-5,7-12,14-21H,6,13H2,1-2H3. The van der Waals surface area contributed by atoms with Gasteiger partial charge in [-0.3, -0.25) is 0 Å². The van der Waals surface area contributed by atoms with Gasteiger partial charge in [-0.25, -0.2) is 0 Å². The van der Waals surface area contributed by atoms with Crippen molar-refractivity contribution < 1.29 is 4.42 Å². The number of hydrogen-bond donors (Lipinski definition) is 0. The van der Waals surface area contributed by atoms with E-state index in [4.69, 9.17) is 4.42 Å². The highest BCUT2D eigenvalue weighted by Gasteiger charge is 2.36. The largest absolute Gasteiger partial charge is 0.456 e. The number of allylic oxidation sites excluding steroid dienone is 1. The van der Waals surface area contributed by atoms with Crippen LogP contribution in [0.5, 0.6) is 0 Å². The zero-order valence-corrected chi connectivity index (χ0v) is 25.0. The van der Waals surface area contributed by atoms with Crippen LogP contribution < -0.4 is 0 Å². The second-order valence-electron chi connectivity index (χ2n) is 12.7. The van der Waals surface area contributed by atoms with E-state index >= 15 is 0 Å². The Hall–Kier alpha value is -5.84. The van der Waals surface area contributed by atoms with Gasteiger partial charge in [0, 0.05) is 38.4 Å². The van der Waals surface area contributed by atoms with Gasteiger partial charge in [0.1, 0.15) is 17.2 Å². The Balaban J connectivity index is 1.27.